The van der Waals surface area contributed by atoms with Gasteiger partial charge in [-0.3, -0.25) is 0 Å². The summed E-state index contributed by atoms with van der Waals surface area (Å²) in [5.74, 6) is -1.10. The third-order valence-electron chi connectivity index (χ3n) is 3.51. The number of carboxylic acids is 1. The molecule has 1 atom stereocenters. The molecule has 3 heterocycles. The maximum absolute atomic E-state index is 13.0. The largest absolute Gasteiger partial charge is 0.477 e. The SMILES string of the molecule is O=C(O)c1cnn2ccc(N3CCC[C@H]3C(F)(F)F)nc12. The van der Waals surface area contributed by atoms with Crippen molar-refractivity contribution in [2.24, 2.45) is 0 Å². The first-order chi connectivity index (χ1) is 9.88. The van der Waals surface area contributed by atoms with Gasteiger partial charge >= 0.3 is 12.1 Å². The van der Waals surface area contributed by atoms with Crippen molar-refractivity contribution in [3.05, 3.63) is 24.0 Å². The third kappa shape index (κ3) is 2.28. The smallest absolute Gasteiger partial charge is 0.408 e. The maximum Gasteiger partial charge on any atom is 0.408 e. The molecule has 0 spiro atoms. The number of rotatable bonds is 2. The van der Waals surface area contributed by atoms with Crippen molar-refractivity contribution in [2.45, 2.75) is 25.1 Å². The lowest BCUT2D eigenvalue weighted by atomic mass is 10.2. The third-order valence-corrected chi connectivity index (χ3v) is 3.51. The second kappa shape index (κ2) is 4.61. The highest BCUT2D eigenvalue weighted by molar-refractivity contribution is 5.94. The monoisotopic (exact) mass is 300 g/mol. The molecule has 1 fully saturated rings. The van der Waals surface area contributed by atoms with Crippen molar-refractivity contribution in [2.75, 3.05) is 11.4 Å². The summed E-state index contributed by atoms with van der Waals surface area (Å²) in [5, 5.41) is 12.8. The van der Waals surface area contributed by atoms with Crippen LogP contribution in [0.4, 0.5) is 19.0 Å². The van der Waals surface area contributed by atoms with Crippen LogP contribution in [0.3, 0.4) is 0 Å². The Morgan fingerprint density at radius 1 is 1.43 bits per heavy atom. The minimum atomic E-state index is -4.33. The molecule has 0 bridgehead atoms. The summed E-state index contributed by atoms with van der Waals surface area (Å²) in [6.07, 6.45) is -1.36. The van der Waals surface area contributed by atoms with Crippen LogP contribution in [0.5, 0.6) is 0 Å². The van der Waals surface area contributed by atoms with Crippen LogP contribution in [0.15, 0.2) is 18.5 Å². The Morgan fingerprint density at radius 2 is 2.19 bits per heavy atom. The molecule has 1 aliphatic heterocycles. The highest BCUT2D eigenvalue weighted by atomic mass is 19.4. The molecule has 21 heavy (non-hydrogen) atoms. The van der Waals surface area contributed by atoms with Crippen molar-refractivity contribution in [3.63, 3.8) is 0 Å². The molecule has 9 heteroatoms. The topological polar surface area (TPSA) is 70.7 Å². The zero-order valence-corrected chi connectivity index (χ0v) is 10.7. The molecule has 1 aliphatic rings. The predicted octanol–water partition coefficient (Wildman–Crippen LogP) is 1.96. The summed E-state index contributed by atoms with van der Waals surface area (Å²) in [6, 6.07) is -0.168. The zero-order chi connectivity index (χ0) is 15.2. The molecule has 3 rings (SSSR count). The van der Waals surface area contributed by atoms with Crippen molar-refractivity contribution >= 4 is 17.4 Å². The Balaban J connectivity index is 2.04. The Hall–Kier alpha value is -2.32. The first-order valence-corrected chi connectivity index (χ1v) is 6.29. The standard InChI is InChI=1S/C12H11F3N4O2/c13-12(14,15)8-2-1-4-18(8)9-3-5-19-10(17-9)7(6-16-19)11(20)21/h3,5-6,8H,1-2,4H2,(H,20,21)/t8-/m0/s1. The van der Waals surface area contributed by atoms with Crippen LogP contribution in [0.1, 0.15) is 23.2 Å². The summed E-state index contributed by atoms with van der Waals surface area (Å²) >= 11 is 0. The fraction of sp³-hybridized carbons (Fsp3) is 0.417. The Kier molecular flexibility index (Phi) is 2.99. The van der Waals surface area contributed by atoms with E-state index in [4.69, 9.17) is 5.11 Å². The van der Waals surface area contributed by atoms with Gasteiger partial charge in [0, 0.05) is 12.7 Å². The minimum absolute atomic E-state index is 0.0153. The summed E-state index contributed by atoms with van der Waals surface area (Å²) in [4.78, 5) is 16.3. The average molecular weight is 300 g/mol. The summed E-state index contributed by atoms with van der Waals surface area (Å²) in [6.45, 7) is 0.240. The van der Waals surface area contributed by atoms with Crippen LogP contribution in [0, 0.1) is 0 Å². The van der Waals surface area contributed by atoms with E-state index in [-0.39, 0.29) is 30.0 Å². The van der Waals surface area contributed by atoms with Crippen LogP contribution >= 0.6 is 0 Å². The van der Waals surface area contributed by atoms with Crippen LogP contribution < -0.4 is 4.90 Å². The van der Waals surface area contributed by atoms with E-state index in [1.54, 1.807) is 0 Å². The number of hydrogen-bond acceptors (Lipinski definition) is 4. The maximum atomic E-state index is 13.0. The fourth-order valence-electron chi connectivity index (χ4n) is 2.55. The molecular weight excluding hydrogens is 289 g/mol. The Labute approximate surface area is 116 Å². The van der Waals surface area contributed by atoms with Crippen LogP contribution in [0.2, 0.25) is 0 Å². The first kappa shape index (κ1) is 13.7. The average Bonchev–Trinajstić information content (AvgIpc) is 3.04. The normalized spacial score (nSPS) is 19.4. The van der Waals surface area contributed by atoms with E-state index in [9.17, 15) is 18.0 Å². The van der Waals surface area contributed by atoms with Crippen LogP contribution in [-0.4, -0.2) is 44.4 Å². The van der Waals surface area contributed by atoms with Gasteiger partial charge in [0.2, 0.25) is 0 Å². The molecule has 0 unspecified atom stereocenters. The second-order valence-electron chi connectivity index (χ2n) is 4.81. The molecule has 0 radical (unpaired) electrons. The highest BCUT2D eigenvalue weighted by Gasteiger charge is 2.46. The van der Waals surface area contributed by atoms with Crippen molar-refractivity contribution in [1.29, 1.82) is 0 Å². The van der Waals surface area contributed by atoms with Gasteiger partial charge in [0.1, 0.15) is 17.4 Å². The number of carbonyl (C=O) groups is 1. The molecule has 0 aliphatic carbocycles. The molecule has 2 aromatic rings. The number of halogens is 3. The molecule has 112 valence electrons. The summed E-state index contributed by atoms with van der Waals surface area (Å²) in [7, 11) is 0. The van der Waals surface area contributed by atoms with Gasteiger partial charge < -0.3 is 10.0 Å². The van der Waals surface area contributed by atoms with E-state index in [0.29, 0.717) is 6.42 Å². The van der Waals surface area contributed by atoms with Gasteiger partial charge in [-0.15, -0.1) is 0 Å². The highest BCUT2D eigenvalue weighted by Crippen LogP contribution is 2.35. The summed E-state index contributed by atoms with van der Waals surface area (Å²) in [5.41, 5.74) is -0.104. The molecular formula is C12H11F3N4O2. The van der Waals surface area contributed by atoms with Gasteiger partial charge in [-0.1, -0.05) is 0 Å². The van der Waals surface area contributed by atoms with Gasteiger partial charge in [0.05, 0.1) is 6.20 Å². The molecule has 0 aromatic carbocycles. The number of alkyl halides is 3. The lowest BCUT2D eigenvalue weighted by molar-refractivity contribution is -0.146. The molecule has 1 N–H and O–H groups in total. The lowest BCUT2D eigenvalue weighted by Crippen LogP contribution is -2.41. The van der Waals surface area contributed by atoms with Crippen LogP contribution in [-0.2, 0) is 0 Å². The van der Waals surface area contributed by atoms with Crippen molar-refractivity contribution < 1.29 is 23.1 Å². The van der Waals surface area contributed by atoms with E-state index in [1.807, 2.05) is 0 Å². The van der Waals surface area contributed by atoms with Crippen molar-refractivity contribution in [3.8, 4) is 0 Å². The van der Waals surface area contributed by atoms with Gasteiger partial charge in [0.25, 0.3) is 0 Å². The molecule has 2 aromatic heterocycles. The summed E-state index contributed by atoms with van der Waals surface area (Å²) < 4.78 is 40.2. The molecule has 0 amide bonds. The Bertz CT molecular complexity index is 697. The van der Waals surface area contributed by atoms with Gasteiger partial charge in [-0.25, -0.2) is 14.3 Å². The molecule has 6 nitrogen and oxygen atoms in total. The number of aromatic nitrogens is 3. The van der Waals surface area contributed by atoms with Gasteiger partial charge in [-0.2, -0.15) is 18.3 Å². The predicted molar refractivity (Wildman–Crippen MR) is 66.4 cm³/mol. The zero-order valence-electron chi connectivity index (χ0n) is 10.7. The molecule has 0 saturated carbocycles. The minimum Gasteiger partial charge on any atom is -0.477 e. The van der Waals surface area contributed by atoms with E-state index in [1.165, 1.54) is 21.7 Å². The van der Waals surface area contributed by atoms with E-state index < -0.39 is 18.2 Å². The van der Waals surface area contributed by atoms with E-state index in [0.717, 1.165) is 6.20 Å². The van der Waals surface area contributed by atoms with E-state index >= 15 is 0 Å². The van der Waals surface area contributed by atoms with Gasteiger partial charge in [-0.05, 0) is 18.9 Å². The number of nitrogens with zero attached hydrogens (tertiary/aromatic N) is 4. The number of carboxylic acid groups (broad SMARTS) is 1. The molecule has 1 saturated heterocycles. The lowest BCUT2D eigenvalue weighted by Gasteiger charge is -2.27. The number of aromatic carboxylic acids is 1. The quantitative estimate of drug-likeness (QED) is 0.918. The van der Waals surface area contributed by atoms with E-state index in [2.05, 4.69) is 10.1 Å². The fourth-order valence-corrected chi connectivity index (χ4v) is 2.55. The second-order valence-corrected chi connectivity index (χ2v) is 4.81. The number of anilines is 1. The Morgan fingerprint density at radius 3 is 2.86 bits per heavy atom. The van der Waals surface area contributed by atoms with Gasteiger partial charge in [0.15, 0.2) is 5.65 Å². The van der Waals surface area contributed by atoms with Crippen molar-refractivity contribution in [1.82, 2.24) is 14.6 Å². The van der Waals surface area contributed by atoms with Crippen LogP contribution in [0.25, 0.3) is 5.65 Å². The number of fused-ring (bicyclic) bond motifs is 1. The number of hydrogen-bond donors (Lipinski definition) is 1. The first-order valence-electron chi connectivity index (χ1n) is 6.29.